The maximum atomic E-state index is 12.9. The van der Waals surface area contributed by atoms with Crippen LogP contribution in [0.15, 0.2) is 66.7 Å². The molecule has 4 heteroatoms. The number of hydrogen-bond acceptors (Lipinski definition) is 2. The topological polar surface area (TPSA) is 32.3 Å². The molecule has 0 aromatic heterocycles. The summed E-state index contributed by atoms with van der Waals surface area (Å²) >= 11 is 0. The zero-order valence-corrected chi connectivity index (χ0v) is 14.2. The van der Waals surface area contributed by atoms with Crippen LogP contribution in [0.1, 0.15) is 5.56 Å². The van der Waals surface area contributed by atoms with E-state index in [-0.39, 0.29) is 11.7 Å². The molecule has 0 aliphatic carbocycles. The molecule has 3 nitrogen and oxygen atoms in total. The number of halogens is 1. The molecular formula is C21H21FN2O. The van der Waals surface area contributed by atoms with E-state index in [0.717, 1.165) is 16.6 Å². The summed E-state index contributed by atoms with van der Waals surface area (Å²) in [5.74, 6) is -0.275. The molecule has 0 heterocycles. The van der Waals surface area contributed by atoms with E-state index in [9.17, 15) is 9.18 Å². The van der Waals surface area contributed by atoms with Gasteiger partial charge in [-0.15, -0.1) is 0 Å². The zero-order valence-electron chi connectivity index (χ0n) is 14.2. The Morgan fingerprint density at radius 3 is 2.48 bits per heavy atom. The van der Waals surface area contributed by atoms with Crippen LogP contribution in [0.2, 0.25) is 0 Å². The largest absolute Gasteiger partial charge is 0.365 e. The number of amides is 1. The first-order valence-corrected chi connectivity index (χ1v) is 8.33. The standard InChI is InChI=1S/C21H21FN2O/c1-24(20-11-8-17-4-2-3-5-18(17)14-20)15-21(25)23-13-12-16-6-9-19(22)10-7-16/h2-11,14H,12-13,15H2,1H3,(H,23,25). The molecule has 0 fully saturated rings. The minimum atomic E-state index is -0.246. The first-order valence-electron chi connectivity index (χ1n) is 8.33. The van der Waals surface area contributed by atoms with Gasteiger partial charge in [0.15, 0.2) is 0 Å². The van der Waals surface area contributed by atoms with Gasteiger partial charge in [0.1, 0.15) is 5.82 Å². The number of carbonyl (C=O) groups is 1. The van der Waals surface area contributed by atoms with Crippen molar-refractivity contribution in [1.29, 1.82) is 0 Å². The minimum absolute atomic E-state index is 0.0298. The summed E-state index contributed by atoms with van der Waals surface area (Å²) in [7, 11) is 1.91. The highest BCUT2D eigenvalue weighted by molar-refractivity contribution is 5.87. The molecule has 0 aliphatic heterocycles. The quantitative estimate of drug-likeness (QED) is 0.743. The lowest BCUT2D eigenvalue weighted by Crippen LogP contribution is -2.36. The lowest BCUT2D eigenvalue weighted by Gasteiger charge is -2.19. The molecule has 25 heavy (non-hydrogen) atoms. The molecule has 0 radical (unpaired) electrons. The fraction of sp³-hybridized carbons (Fsp3) is 0.190. The van der Waals surface area contributed by atoms with Gasteiger partial charge in [-0.3, -0.25) is 4.79 Å². The predicted octanol–water partition coefficient (Wildman–Crippen LogP) is 3.77. The third kappa shape index (κ3) is 4.57. The third-order valence-corrected chi connectivity index (χ3v) is 4.20. The van der Waals surface area contributed by atoms with E-state index in [2.05, 4.69) is 29.6 Å². The highest BCUT2D eigenvalue weighted by Crippen LogP contribution is 2.21. The molecule has 0 saturated heterocycles. The number of nitrogens with one attached hydrogen (secondary N) is 1. The van der Waals surface area contributed by atoms with Crippen LogP contribution < -0.4 is 10.2 Å². The second kappa shape index (κ2) is 7.79. The zero-order chi connectivity index (χ0) is 17.6. The Morgan fingerprint density at radius 1 is 1.00 bits per heavy atom. The van der Waals surface area contributed by atoms with E-state index in [1.165, 1.54) is 17.5 Å². The first kappa shape index (κ1) is 17.0. The summed E-state index contributed by atoms with van der Waals surface area (Å²) in [6.45, 7) is 0.831. The molecule has 1 amide bonds. The summed E-state index contributed by atoms with van der Waals surface area (Å²) in [4.78, 5) is 14.1. The molecule has 3 aromatic rings. The number of anilines is 1. The van der Waals surface area contributed by atoms with Gasteiger partial charge in [0, 0.05) is 19.3 Å². The molecule has 1 N–H and O–H groups in total. The maximum absolute atomic E-state index is 12.9. The van der Waals surface area contributed by atoms with Crippen molar-refractivity contribution in [2.75, 3.05) is 25.0 Å². The van der Waals surface area contributed by atoms with Crippen LogP contribution in [0.3, 0.4) is 0 Å². The summed E-state index contributed by atoms with van der Waals surface area (Å²) in [5.41, 5.74) is 2.01. The Balaban J connectivity index is 1.51. The van der Waals surface area contributed by atoms with Crippen molar-refractivity contribution in [2.24, 2.45) is 0 Å². The smallest absolute Gasteiger partial charge is 0.239 e. The molecular weight excluding hydrogens is 315 g/mol. The van der Waals surface area contributed by atoms with Crippen LogP contribution in [-0.4, -0.2) is 26.0 Å². The maximum Gasteiger partial charge on any atom is 0.239 e. The predicted molar refractivity (Wildman–Crippen MR) is 100 cm³/mol. The van der Waals surface area contributed by atoms with Crippen LogP contribution in [0.25, 0.3) is 10.8 Å². The number of carbonyl (C=O) groups excluding carboxylic acids is 1. The monoisotopic (exact) mass is 336 g/mol. The van der Waals surface area contributed by atoms with Crippen molar-refractivity contribution < 1.29 is 9.18 Å². The van der Waals surface area contributed by atoms with Crippen molar-refractivity contribution in [1.82, 2.24) is 5.32 Å². The Morgan fingerprint density at radius 2 is 1.72 bits per heavy atom. The third-order valence-electron chi connectivity index (χ3n) is 4.20. The number of nitrogens with zero attached hydrogens (tertiary/aromatic N) is 1. The van der Waals surface area contributed by atoms with Crippen molar-refractivity contribution in [3.05, 3.63) is 78.1 Å². The Labute approximate surface area is 147 Å². The highest BCUT2D eigenvalue weighted by Gasteiger charge is 2.08. The summed E-state index contributed by atoms with van der Waals surface area (Å²) < 4.78 is 12.9. The molecule has 3 rings (SSSR count). The average molecular weight is 336 g/mol. The summed E-state index contributed by atoms with van der Waals surface area (Å²) in [5, 5.41) is 5.25. The van der Waals surface area contributed by atoms with Gasteiger partial charge < -0.3 is 10.2 Å². The molecule has 0 bridgehead atoms. The lowest BCUT2D eigenvalue weighted by molar-refractivity contribution is -0.119. The van der Waals surface area contributed by atoms with Gasteiger partial charge in [-0.25, -0.2) is 4.39 Å². The second-order valence-electron chi connectivity index (χ2n) is 6.11. The van der Waals surface area contributed by atoms with Crippen LogP contribution in [0.5, 0.6) is 0 Å². The Bertz CT molecular complexity index is 861. The van der Waals surface area contributed by atoms with Crippen LogP contribution in [0, 0.1) is 5.82 Å². The molecule has 0 spiro atoms. The van der Waals surface area contributed by atoms with Gasteiger partial charge >= 0.3 is 0 Å². The van der Waals surface area contributed by atoms with E-state index in [4.69, 9.17) is 0 Å². The molecule has 3 aromatic carbocycles. The SMILES string of the molecule is CN(CC(=O)NCCc1ccc(F)cc1)c1ccc2ccccc2c1. The highest BCUT2D eigenvalue weighted by atomic mass is 19.1. The molecule has 0 atom stereocenters. The van der Waals surface area contributed by atoms with Crippen LogP contribution >= 0.6 is 0 Å². The molecule has 0 aliphatic rings. The number of fused-ring (bicyclic) bond motifs is 1. The van der Waals surface area contributed by atoms with Crippen LogP contribution in [0.4, 0.5) is 10.1 Å². The number of benzene rings is 3. The van der Waals surface area contributed by atoms with Gasteiger partial charge in [0.2, 0.25) is 5.91 Å². The summed E-state index contributed by atoms with van der Waals surface area (Å²) in [6.07, 6.45) is 0.686. The fourth-order valence-electron chi connectivity index (χ4n) is 2.77. The van der Waals surface area contributed by atoms with E-state index >= 15 is 0 Å². The van der Waals surface area contributed by atoms with E-state index < -0.39 is 0 Å². The van der Waals surface area contributed by atoms with Crippen molar-refractivity contribution in [3.63, 3.8) is 0 Å². The minimum Gasteiger partial charge on any atom is -0.365 e. The van der Waals surface area contributed by atoms with Gasteiger partial charge in [0.05, 0.1) is 6.54 Å². The van der Waals surface area contributed by atoms with Gasteiger partial charge in [-0.2, -0.15) is 0 Å². The van der Waals surface area contributed by atoms with E-state index in [0.29, 0.717) is 19.5 Å². The normalized spacial score (nSPS) is 10.6. The van der Waals surface area contributed by atoms with Crippen molar-refractivity contribution in [3.8, 4) is 0 Å². The van der Waals surface area contributed by atoms with Gasteiger partial charge in [-0.05, 0) is 47.0 Å². The van der Waals surface area contributed by atoms with Gasteiger partial charge in [0.25, 0.3) is 0 Å². The van der Waals surface area contributed by atoms with Crippen molar-refractivity contribution >= 4 is 22.4 Å². The molecule has 0 unspecified atom stereocenters. The van der Waals surface area contributed by atoms with E-state index in [1.54, 1.807) is 12.1 Å². The molecule has 128 valence electrons. The fourth-order valence-corrected chi connectivity index (χ4v) is 2.77. The van der Waals surface area contributed by atoms with E-state index in [1.807, 2.05) is 30.1 Å². The number of rotatable bonds is 6. The lowest BCUT2D eigenvalue weighted by atomic mass is 10.1. The van der Waals surface area contributed by atoms with Crippen LogP contribution in [-0.2, 0) is 11.2 Å². The number of hydrogen-bond donors (Lipinski definition) is 1. The first-order chi connectivity index (χ1) is 12.1. The molecule has 0 saturated carbocycles. The van der Waals surface area contributed by atoms with Gasteiger partial charge in [-0.1, -0.05) is 42.5 Å². The van der Waals surface area contributed by atoms with Crippen molar-refractivity contribution in [2.45, 2.75) is 6.42 Å². The summed E-state index contributed by atoms with van der Waals surface area (Å²) in [6, 6.07) is 20.7. The Kier molecular flexibility index (Phi) is 5.29. The Hall–Kier alpha value is -2.88. The average Bonchev–Trinajstić information content (AvgIpc) is 2.63. The second-order valence-corrected chi connectivity index (χ2v) is 6.11. The number of likely N-dealkylation sites (N-methyl/N-ethyl adjacent to an activating group) is 1.